The van der Waals surface area contributed by atoms with E-state index in [4.69, 9.17) is 0 Å². The second-order valence-electron chi connectivity index (χ2n) is 6.25. The van der Waals surface area contributed by atoms with E-state index in [0.717, 1.165) is 19.5 Å². The van der Waals surface area contributed by atoms with E-state index in [1.165, 1.54) is 11.1 Å². The molecule has 1 amide bonds. The maximum Gasteiger partial charge on any atom is 0.234 e. The van der Waals surface area contributed by atoms with Gasteiger partial charge in [-0.1, -0.05) is 36.4 Å². The largest absolute Gasteiger partial charge is 0.351 e. The molecule has 1 N–H and O–H groups in total. The number of rotatable bonds is 4. The van der Waals surface area contributed by atoms with Gasteiger partial charge in [-0.25, -0.2) is 8.42 Å². The number of hydrogen-bond donors (Lipinski definition) is 1. The first-order valence-electron chi connectivity index (χ1n) is 7.98. The molecule has 0 radical (unpaired) electrons. The van der Waals surface area contributed by atoms with E-state index in [-0.39, 0.29) is 23.5 Å². The average molecular weight is 334 g/mol. The molecule has 1 aromatic rings. The molecule has 0 aliphatic carbocycles. The highest BCUT2D eigenvalue weighted by atomic mass is 32.2. The monoisotopic (exact) mass is 334 g/mol. The Labute approximate surface area is 137 Å². The van der Waals surface area contributed by atoms with Crippen molar-refractivity contribution in [3.05, 3.63) is 42.0 Å². The molecule has 2 aliphatic rings. The Balaban J connectivity index is 1.49. The van der Waals surface area contributed by atoms with Crippen LogP contribution in [0.4, 0.5) is 0 Å². The van der Waals surface area contributed by atoms with Gasteiger partial charge in [-0.3, -0.25) is 9.69 Å². The molecule has 0 spiro atoms. The second kappa shape index (κ2) is 6.84. The van der Waals surface area contributed by atoms with Gasteiger partial charge in [0.2, 0.25) is 5.91 Å². The van der Waals surface area contributed by atoms with Crippen LogP contribution in [0.25, 0.3) is 5.57 Å². The number of benzene rings is 1. The lowest BCUT2D eigenvalue weighted by Gasteiger charge is -2.26. The van der Waals surface area contributed by atoms with E-state index in [0.29, 0.717) is 13.0 Å². The van der Waals surface area contributed by atoms with Gasteiger partial charge in [0, 0.05) is 19.1 Å². The van der Waals surface area contributed by atoms with Crippen LogP contribution in [0, 0.1) is 0 Å². The van der Waals surface area contributed by atoms with Gasteiger partial charge in [0.15, 0.2) is 9.84 Å². The summed E-state index contributed by atoms with van der Waals surface area (Å²) in [6, 6.07) is 10.1. The molecule has 2 heterocycles. The van der Waals surface area contributed by atoms with Gasteiger partial charge >= 0.3 is 0 Å². The quantitative estimate of drug-likeness (QED) is 0.895. The Kier molecular flexibility index (Phi) is 4.82. The number of hydrogen-bond acceptors (Lipinski definition) is 4. The fourth-order valence-corrected chi connectivity index (χ4v) is 4.83. The van der Waals surface area contributed by atoms with Crippen LogP contribution in [0.5, 0.6) is 0 Å². The van der Waals surface area contributed by atoms with E-state index in [1.807, 2.05) is 18.2 Å². The Morgan fingerprint density at radius 1 is 1.26 bits per heavy atom. The molecule has 0 saturated carbocycles. The van der Waals surface area contributed by atoms with E-state index >= 15 is 0 Å². The first-order valence-corrected chi connectivity index (χ1v) is 9.80. The molecule has 0 unspecified atom stereocenters. The van der Waals surface area contributed by atoms with E-state index in [9.17, 15) is 13.2 Å². The summed E-state index contributed by atoms with van der Waals surface area (Å²) >= 11 is 0. The van der Waals surface area contributed by atoms with Crippen LogP contribution < -0.4 is 5.32 Å². The summed E-state index contributed by atoms with van der Waals surface area (Å²) in [5.74, 6) is 0.186. The number of amides is 1. The number of nitrogens with zero attached hydrogens (tertiary/aromatic N) is 1. The van der Waals surface area contributed by atoms with Crippen LogP contribution in [0.15, 0.2) is 36.4 Å². The molecule has 1 atom stereocenters. The van der Waals surface area contributed by atoms with Gasteiger partial charge in [0.25, 0.3) is 0 Å². The SMILES string of the molecule is O=C(CN1CC=C(c2ccccc2)CC1)N[C@@H]1CCS(=O)(=O)C1. The lowest BCUT2D eigenvalue weighted by atomic mass is 10.00. The topological polar surface area (TPSA) is 66.5 Å². The molecule has 6 heteroatoms. The van der Waals surface area contributed by atoms with Crippen LogP contribution in [0.2, 0.25) is 0 Å². The smallest absolute Gasteiger partial charge is 0.234 e. The fourth-order valence-electron chi connectivity index (χ4n) is 3.15. The van der Waals surface area contributed by atoms with E-state index < -0.39 is 9.84 Å². The molecule has 5 nitrogen and oxygen atoms in total. The van der Waals surface area contributed by atoms with Crippen LogP contribution in [-0.2, 0) is 14.6 Å². The highest BCUT2D eigenvalue weighted by Gasteiger charge is 2.29. The molecule has 3 rings (SSSR count). The Bertz CT molecular complexity index is 698. The Morgan fingerprint density at radius 3 is 2.65 bits per heavy atom. The first kappa shape index (κ1) is 16.2. The summed E-state index contributed by atoms with van der Waals surface area (Å²) in [7, 11) is -2.95. The van der Waals surface area contributed by atoms with Crippen molar-refractivity contribution in [1.82, 2.24) is 10.2 Å². The normalized spacial score (nSPS) is 24.2. The summed E-state index contributed by atoms with van der Waals surface area (Å²) in [6.45, 7) is 1.92. The minimum atomic E-state index is -2.95. The van der Waals surface area contributed by atoms with Crippen molar-refractivity contribution in [3.8, 4) is 0 Å². The van der Waals surface area contributed by atoms with Crippen molar-refractivity contribution >= 4 is 21.3 Å². The molecule has 124 valence electrons. The second-order valence-corrected chi connectivity index (χ2v) is 8.48. The van der Waals surface area contributed by atoms with Crippen molar-refractivity contribution < 1.29 is 13.2 Å². The third-order valence-corrected chi connectivity index (χ3v) is 6.17. The highest BCUT2D eigenvalue weighted by molar-refractivity contribution is 7.91. The fraction of sp³-hybridized carbons (Fsp3) is 0.471. The predicted molar refractivity (Wildman–Crippen MR) is 90.7 cm³/mol. The van der Waals surface area contributed by atoms with Crippen LogP contribution in [0.1, 0.15) is 18.4 Å². The van der Waals surface area contributed by atoms with Gasteiger partial charge in [0.1, 0.15) is 0 Å². The first-order chi connectivity index (χ1) is 11.0. The molecule has 1 aromatic carbocycles. The maximum absolute atomic E-state index is 12.1. The third kappa shape index (κ3) is 4.42. The van der Waals surface area contributed by atoms with Crippen LogP contribution in [-0.4, -0.2) is 56.4 Å². The van der Waals surface area contributed by atoms with Crippen molar-refractivity contribution in [2.45, 2.75) is 18.9 Å². The van der Waals surface area contributed by atoms with Crippen molar-refractivity contribution in [2.75, 3.05) is 31.1 Å². The summed E-state index contributed by atoms with van der Waals surface area (Å²) < 4.78 is 22.8. The number of carbonyl (C=O) groups is 1. The van der Waals surface area contributed by atoms with Crippen LogP contribution >= 0.6 is 0 Å². The van der Waals surface area contributed by atoms with Crippen molar-refractivity contribution in [2.24, 2.45) is 0 Å². The van der Waals surface area contributed by atoms with Gasteiger partial charge in [0.05, 0.1) is 18.1 Å². The molecule has 2 aliphatic heterocycles. The molecule has 0 aromatic heterocycles. The lowest BCUT2D eigenvalue weighted by Crippen LogP contribution is -2.43. The number of carbonyl (C=O) groups excluding carboxylic acids is 1. The maximum atomic E-state index is 12.1. The van der Waals surface area contributed by atoms with Gasteiger partial charge in [-0.15, -0.1) is 0 Å². The molecule has 1 saturated heterocycles. The molecular formula is C17H22N2O3S. The predicted octanol–water partition coefficient (Wildman–Crippen LogP) is 1.08. The Hall–Kier alpha value is -1.66. The molecule has 1 fully saturated rings. The summed E-state index contributed by atoms with van der Waals surface area (Å²) in [5.41, 5.74) is 2.57. The molecule has 0 bridgehead atoms. The van der Waals surface area contributed by atoms with Crippen molar-refractivity contribution in [1.29, 1.82) is 0 Å². The van der Waals surface area contributed by atoms with Crippen molar-refractivity contribution in [3.63, 3.8) is 0 Å². The minimum Gasteiger partial charge on any atom is -0.351 e. The minimum absolute atomic E-state index is 0.0799. The number of nitrogens with one attached hydrogen (secondary N) is 1. The zero-order valence-corrected chi connectivity index (χ0v) is 13.9. The summed E-state index contributed by atoms with van der Waals surface area (Å²) in [6.07, 6.45) is 3.63. The summed E-state index contributed by atoms with van der Waals surface area (Å²) in [5, 5.41) is 2.84. The third-order valence-electron chi connectivity index (χ3n) is 4.40. The molecular weight excluding hydrogens is 312 g/mol. The standard InChI is InChI=1S/C17H22N2O3S/c20-17(18-16-8-11-23(21,22)13-16)12-19-9-6-15(7-10-19)14-4-2-1-3-5-14/h1-6,16H,7-13H2,(H,18,20)/t16-/m1/s1. The average Bonchev–Trinajstić information content (AvgIpc) is 2.87. The van der Waals surface area contributed by atoms with Gasteiger partial charge < -0.3 is 5.32 Å². The van der Waals surface area contributed by atoms with E-state index in [1.54, 1.807) is 0 Å². The Morgan fingerprint density at radius 2 is 2.04 bits per heavy atom. The van der Waals surface area contributed by atoms with Gasteiger partial charge in [-0.2, -0.15) is 0 Å². The molecule has 23 heavy (non-hydrogen) atoms. The number of sulfone groups is 1. The highest BCUT2D eigenvalue weighted by Crippen LogP contribution is 2.21. The van der Waals surface area contributed by atoms with Crippen LogP contribution in [0.3, 0.4) is 0 Å². The summed E-state index contributed by atoms with van der Waals surface area (Å²) in [4.78, 5) is 14.2. The van der Waals surface area contributed by atoms with Gasteiger partial charge in [-0.05, 0) is 24.0 Å². The zero-order valence-electron chi connectivity index (χ0n) is 13.1. The lowest BCUT2D eigenvalue weighted by molar-refractivity contribution is -0.122. The van der Waals surface area contributed by atoms with E-state index in [2.05, 4.69) is 28.4 Å². The zero-order chi connectivity index (χ0) is 16.3.